The number of ether oxygens (including phenoxy) is 2. The minimum atomic E-state index is -0.645. The normalized spacial score (nSPS) is 45.1. The maximum atomic E-state index is 13.6. The second kappa shape index (κ2) is 4.76. The first-order valence-electron chi connectivity index (χ1n) is 10.0. The monoisotopic (exact) mass is 366 g/mol. The number of rotatable bonds is 1. The fourth-order valence-electron chi connectivity index (χ4n) is 7.75. The van der Waals surface area contributed by atoms with Crippen molar-refractivity contribution < 1.29 is 14.3 Å². The van der Waals surface area contributed by atoms with Gasteiger partial charge in [-0.3, -0.25) is 9.69 Å². The standard InChI is InChI=1S/C22H26N2O3/c1-4-14-12-24-10-9-21-15-7-5-6-8-17(15)23(2)22(21)18(24)11-16(14)20(21,13-27-22)19(25)26-3/h4-8,16,18H,9-13H2,1-3H3/b14-4-/t16-,18+,20?,21+,22-/m1/s1. The summed E-state index contributed by atoms with van der Waals surface area (Å²) in [6, 6.07) is 8.92. The van der Waals surface area contributed by atoms with E-state index < -0.39 is 11.1 Å². The van der Waals surface area contributed by atoms with Gasteiger partial charge in [0.05, 0.1) is 25.2 Å². The topological polar surface area (TPSA) is 42.0 Å². The minimum absolute atomic E-state index is 0.0902. The molecule has 6 rings (SSSR count). The Balaban J connectivity index is 1.75. The fraction of sp³-hybridized carbons (Fsp3) is 0.591. The van der Waals surface area contributed by atoms with Crippen LogP contribution in [-0.4, -0.2) is 56.5 Å². The number of hydrogen-bond acceptors (Lipinski definition) is 5. The van der Waals surface area contributed by atoms with Crippen LogP contribution in [-0.2, 0) is 19.7 Å². The smallest absolute Gasteiger partial charge is 0.315 e. The van der Waals surface area contributed by atoms with Crippen molar-refractivity contribution in [3.8, 4) is 0 Å². The molecule has 27 heavy (non-hydrogen) atoms. The van der Waals surface area contributed by atoms with Crippen LogP contribution in [0.2, 0.25) is 0 Å². The average molecular weight is 366 g/mol. The molecule has 5 aliphatic rings. The molecular formula is C22H26N2O3. The van der Waals surface area contributed by atoms with Gasteiger partial charge in [-0.05, 0) is 31.4 Å². The summed E-state index contributed by atoms with van der Waals surface area (Å²) < 4.78 is 12.3. The maximum Gasteiger partial charge on any atom is 0.315 e. The molecule has 5 bridgehead atoms. The Kier molecular flexibility index (Phi) is 2.84. The lowest BCUT2D eigenvalue weighted by Gasteiger charge is -2.66. The lowest BCUT2D eigenvalue weighted by Crippen LogP contribution is -2.80. The molecule has 4 aliphatic heterocycles. The van der Waals surface area contributed by atoms with Gasteiger partial charge in [0.15, 0.2) is 5.72 Å². The first-order valence-corrected chi connectivity index (χ1v) is 10.0. The van der Waals surface area contributed by atoms with E-state index in [1.54, 1.807) is 0 Å². The number of hydrogen-bond donors (Lipinski definition) is 0. The highest BCUT2D eigenvalue weighted by molar-refractivity contribution is 5.86. The lowest BCUT2D eigenvalue weighted by molar-refractivity contribution is -0.183. The predicted molar refractivity (Wildman–Crippen MR) is 101 cm³/mol. The van der Waals surface area contributed by atoms with Crippen LogP contribution in [0.5, 0.6) is 0 Å². The number of nitrogens with zero attached hydrogens (tertiary/aromatic N) is 2. The molecular weight excluding hydrogens is 340 g/mol. The van der Waals surface area contributed by atoms with Gasteiger partial charge in [0.2, 0.25) is 0 Å². The third kappa shape index (κ3) is 1.34. The largest absolute Gasteiger partial charge is 0.468 e. The summed E-state index contributed by atoms with van der Waals surface area (Å²) in [5, 5.41) is 0. The molecule has 0 aromatic heterocycles. The van der Waals surface area contributed by atoms with Gasteiger partial charge in [-0.1, -0.05) is 29.8 Å². The van der Waals surface area contributed by atoms with E-state index >= 15 is 0 Å². The number of esters is 1. The van der Waals surface area contributed by atoms with Gasteiger partial charge in [0.1, 0.15) is 5.41 Å². The maximum absolute atomic E-state index is 13.6. The van der Waals surface area contributed by atoms with Crippen molar-refractivity contribution >= 4 is 11.7 Å². The number of piperidine rings is 2. The van der Waals surface area contributed by atoms with Crippen LogP contribution in [0, 0.1) is 11.3 Å². The van der Waals surface area contributed by atoms with Crippen molar-refractivity contribution in [3.05, 3.63) is 41.5 Å². The van der Waals surface area contributed by atoms with Crippen LogP contribution < -0.4 is 4.90 Å². The summed E-state index contributed by atoms with van der Waals surface area (Å²) in [5.74, 6) is 0.0966. The van der Waals surface area contributed by atoms with Gasteiger partial charge in [0.25, 0.3) is 0 Å². The molecule has 0 N–H and O–H groups in total. The van der Waals surface area contributed by atoms with Crippen molar-refractivity contribution in [2.75, 3.05) is 38.8 Å². The van der Waals surface area contributed by atoms with E-state index in [-0.39, 0.29) is 17.3 Å². The van der Waals surface area contributed by atoms with Crippen molar-refractivity contribution in [3.63, 3.8) is 0 Å². The second-order valence-corrected chi connectivity index (χ2v) is 8.82. The third-order valence-electron chi connectivity index (χ3n) is 8.59. The van der Waals surface area contributed by atoms with E-state index in [9.17, 15) is 4.79 Å². The zero-order valence-corrected chi connectivity index (χ0v) is 16.2. The number of anilines is 1. The van der Waals surface area contributed by atoms with Crippen molar-refractivity contribution in [1.29, 1.82) is 0 Å². The highest BCUT2D eigenvalue weighted by Gasteiger charge is 2.86. The molecule has 1 saturated carbocycles. The fourth-order valence-corrected chi connectivity index (χ4v) is 7.75. The number of allylic oxidation sites excluding steroid dienone is 1. The number of likely N-dealkylation sites (N-methyl/N-ethyl adjacent to an activating group) is 1. The Morgan fingerprint density at radius 3 is 2.96 bits per heavy atom. The van der Waals surface area contributed by atoms with Crippen LogP contribution in [0.4, 0.5) is 5.69 Å². The Bertz CT molecular complexity index is 897. The van der Waals surface area contributed by atoms with Crippen LogP contribution in [0.15, 0.2) is 35.9 Å². The molecule has 3 saturated heterocycles. The van der Waals surface area contributed by atoms with E-state index in [1.807, 2.05) is 0 Å². The molecule has 5 heteroatoms. The molecule has 0 amide bonds. The van der Waals surface area contributed by atoms with Gasteiger partial charge in [-0.15, -0.1) is 0 Å². The predicted octanol–water partition coefficient (Wildman–Crippen LogP) is 2.31. The molecule has 4 heterocycles. The van der Waals surface area contributed by atoms with E-state index in [0.29, 0.717) is 12.6 Å². The molecule has 5 nitrogen and oxygen atoms in total. The van der Waals surface area contributed by atoms with E-state index in [1.165, 1.54) is 23.9 Å². The Hall–Kier alpha value is -1.85. The summed E-state index contributed by atoms with van der Waals surface area (Å²) in [5.41, 5.74) is 2.40. The van der Waals surface area contributed by atoms with E-state index in [4.69, 9.17) is 9.47 Å². The highest BCUT2D eigenvalue weighted by atomic mass is 16.6. The van der Waals surface area contributed by atoms with Crippen LogP contribution in [0.1, 0.15) is 25.3 Å². The molecule has 1 aromatic rings. The van der Waals surface area contributed by atoms with Gasteiger partial charge < -0.3 is 14.4 Å². The van der Waals surface area contributed by atoms with Gasteiger partial charge in [-0.2, -0.15) is 0 Å². The zero-order chi connectivity index (χ0) is 18.6. The summed E-state index contributed by atoms with van der Waals surface area (Å²) in [6.07, 6.45) is 4.13. The van der Waals surface area contributed by atoms with E-state index in [2.05, 4.69) is 54.1 Å². The number of fused-ring (bicyclic) bond motifs is 3. The SMILES string of the molecule is C/C=C1/CN2CC[C@@]34c5ccccc5N(C)[C@]35OCC4(C(=O)OC)[C@@H]1C[C@H]25. The van der Waals surface area contributed by atoms with Crippen molar-refractivity contribution in [2.24, 2.45) is 11.3 Å². The molecule has 0 radical (unpaired) electrons. The van der Waals surface area contributed by atoms with Gasteiger partial charge in [-0.25, -0.2) is 0 Å². The summed E-state index contributed by atoms with van der Waals surface area (Å²) in [7, 11) is 3.70. The Morgan fingerprint density at radius 1 is 1.37 bits per heavy atom. The van der Waals surface area contributed by atoms with Crippen LogP contribution in [0.3, 0.4) is 0 Å². The highest BCUT2D eigenvalue weighted by Crippen LogP contribution is 2.76. The molecule has 4 fully saturated rings. The summed E-state index contributed by atoms with van der Waals surface area (Å²) in [6.45, 7) is 4.50. The lowest BCUT2D eigenvalue weighted by atomic mass is 9.43. The summed E-state index contributed by atoms with van der Waals surface area (Å²) in [4.78, 5) is 18.5. The van der Waals surface area contributed by atoms with Gasteiger partial charge >= 0.3 is 5.97 Å². The Labute approximate surface area is 159 Å². The first-order chi connectivity index (χ1) is 13.1. The molecule has 1 unspecified atom stereocenters. The number of para-hydroxylation sites is 1. The van der Waals surface area contributed by atoms with Crippen molar-refractivity contribution in [1.82, 2.24) is 4.90 Å². The Morgan fingerprint density at radius 2 is 2.19 bits per heavy atom. The number of benzene rings is 1. The minimum Gasteiger partial charge on any atom is -0.468 e. The zero-order valence-electron chi connectivity index (χ0n) is 16.2. The van der Waals surface area contributed by atoms with Gasteiger partial charge in [0, 0.05) is 31.7 Å². The first kappa shape index (κ1) is 16.1. The van der Waals surface area contributed by atoms with Crippen molar-refractivity contribution in [2.45, 2.75) is 36.9 Å². The molecule has 1 aromatic carbocycles. The van der Waals surface area contributed by atoms with Crippen LogP contribution >= 0.6 is 0 Å². The molecule has 0 spiro atoms. The summed E-state index contributed by atoms with van der Waals surface area (Å²) >= 11 is 0. The quantitative estimate of drug-likeness (QED) is 0.564. The second-order valence-electron chi connectivity index (χ2n) is 8.82. The molecule has 1 aliphatic carbocycles. The number of carbonyl (C=O) groups is 1. The number of methoxy groups -OCH3 is 1. The molecule has 142 valence electrons. The van der Waals surface area contributed by atoms with E-state index in [0.717, 1.165) is 25.9 Å². The molecule has 5 atom stereocenters. The average Bonchev–Trinajstić information content (AvgIpc) is 3.09. The third-order valence-corrected chi connectivity index (χ3v) is 8.59. The van der Waals surface area contributed by atoms with Crippen LogP contribution in [0.25, 0.3) is 0 Å². The number of carbonyl (C=O) groups excluding carboxylic acids is 1.